The van der Waals surface area contributed by atoms with Gasteiger partial charge in [0, 0.05) is 13.1 Å². The Bertz CT molecular complexity index is 849. The number of likely N-dealkylation sites (N-methyl/N-ethyl adjacent to an activating group) is 1. The van der Waals surface area contributed by atoms with E-state index in [1.807, 2.05) is 27.9 Å². The number of sulfonamides is 1. The molecule has 7 nitrogen and oxygen atoms in total. The first-order chi connectivity index (χ1) is 12.2. The standard InChI is InChI=1S/C18H26N4O3S/c1-13-10-16(25-5)17(11-14(13)2)26(23,24)21-18-7-6-15(12-20-18)19-8-9-22(3)4/h6-7,10-12,19H,8-9H2,1-5H3,(H,20,21). The topological polar surface area (TPSA) is 83.6 Å². The molecule has 0 atom stereocenters. The first kappa shape index (κ1) is 20.0. The lowest BCUT2D eigenvalue weighted by molar-refractivity contribution is 0.402. The molecule has 0 aliphatic heterocycles. The van der Waals surface area contributed by atoms with Crippen molar-refractivity contribution in [2.75, 3.05) is 44.3 Å². The van der Waals surface area contributed by atoms with Crippen molar-refractivity contribution in [2.24, 2.45) is 0 Å². The van der Waals surface area contributed by atoms with Crippen molar-refractivity contribution in [3.05, 3.63) is 41.6 Å². The molecule has 0 saturated heterocycles. The highest BCUT2D eigenvalue weighted by atomic mass is 32.2. The Labute approximate surface area is 155 Å². The summed E-state index contributed by atoms with van der Waals surface area (Å²) in [7, 11) is 1.65. The molecule has 1 heterocycles. The van der Waals surface area contributed by atoms with E-state index in [9.17, 15) is 8.42 Å². The number of rotatable bonds is 8. The molecular formula is C18H26N4O3S. The maximum Gasteiger partial charge on any atom is 0.266 e. The van der Waals surface area contributed by atoms with Gasteiger partial charge in [0.1, 0.15) is 16.5 Å². The normalized spacial score (nSPS) is 11.5. The van der Waals surface area contributed by atoms with Gasteiger partial charge in [-0.1, -0.05) is 0 Å². The Morgan fingerprint density at radius 2 is 1.85 bits per heavy atom. The number of pyridine rings is 1. The first-order valence-electron chi connectivity index (χ1n) is 8.25. The van der Waals surface area contributed by atoms with Crippen LogP contribution in [0.4, 0.5) is 11.5 Å². The molecule has 8 heteroatoms. The van der Waals surface area contributed by atoms with Gasteiger partial charge in [0.05, 0.1) is 19.0 Å². The van der Waals surface area contributed by atoms with Gasteiger partial charge < -0.3 is 15.0 Å². The maximum atomic E-state index is 12.7. The van der Waals surface area contributed by atoms with E-state index in [0.717, 1.165) is 29.9 Å². The summed E-state index contributed by atoms with van der Waals surface area (Å²) < 4.78 is 33.2. The van der Waals surface area contributed by atoms with E-state index in [2.05, 4.69) is 19.9 Å². The number of methoxy groups -OCH3 is 1. The summed E-state index contributed by atoms with van der Waals surface area (Å²) in [6, 6.07) is 6.74. The number of benzene rings is 1. The van der Waals surface area contributed by atoms with Crippen LogP contribution < -0.4 is 14.8 Å². The number of hydrogen-bond donors (Lipinski definition) is 2. The number of ether oxygens (including phenoxy) is 1. The number of hydrogen-bond acceptors (Lipinski definition) is 6. The molecule has 2 aromatic rings. The van der Waals surface area contributed by atoms with Gasteiger partial charge in [0.25, 0.3) is 10.0 Å². The number of aryl methyl sites for hydroxylation is 2. The third-order valence-corrected chi connectivity index (χ3v) is 5.34. The summed E-state index contributed by atoms with van der Waals surface area (Å²) in [6.45, 7) is 5.44. The van der Waals surface area contributed by atoms with Crippen molar-refractivity contribution in [3.63, 3.8) is 0 Å². The second-order valence-electron chi connectivity index (χ2n) is 6.35. The predicted octanol–water partition coefficient (Wildman–Crippen LogP) is 2.48. The summed E-state index contributed by atoms with van der Waals surface area (Å²) in [5, 5.41) is 3.23. The molecule has 0 saturated carbocycles. The van der Waals surface area contributed by atoms with Gasteiger partial charge in [-0.3, -0.25) is 4.72 Å². The van der Waals surface area contributed by atoms with Crippen molar-refractivity contribution in [2.45, 2.75) is 18.7 Å². The van der Waals surface area contributed by atoms with Gasteiger partial charge in [0.15, 0.2) is 0 Å². The van der Waals surface area contributed by atoms with Crippen LogP contribution in [0.3, 0.4) is 0 Å². The fraction of sp³-hybridized carbons (Fsp3) is 0.389. The van der Waals surface area contributed by atoms with E-state index in [0.29, 0.717) is 5.75 Å². The zero-order valence-corrected chi connectivity index (χ0v) is 16.6. The maximum absolute atomic E-state index is 12.7. The van der Waals surface area contributed by atoms with Gasteiger partial charge >= 0.3 is 0 Å². The van der Waals surface area contributed by atoms with Gasteiger partial charge in [-0.05, 0) is 63.3 Å². The van der Waals surface area contributed by atoms with Crippen LogP contribution in [0, 0.1) is 13.8 Å². The van der Waals surface area contributed by atoms with Crippen LogP contribution in [0.5, 0.6) is 5.75 Å². The molecule has 0 spiro atoms. The number of anilines is 2. The Morgan fingerprint density at radius 3 is 2.42 bits per heavy atom. The van der Waals surface area contributed by atoms with Crippen LogP contribution in [-0.2, 0) is 10.0 Å². The van der Waals surface area contributed by atoms with E-state index in [4.69, 9.17) is 4.74 Å². The smallest absolute Gasteiger partial charge is 0.266 e. The van der Waals surface area contributed by atoms with Gasteiger partial charge in [-0.25, -0.2) is 13.4 Å². The molecular weight excluding hydrogens is 352 g/mol. The SMILES string of the molecule is COc1cc(C)c(C)cc1S(=O)(=O)Nc1ccc(NCCN(C)C)cn1. The molecule has 2 N–H and O–H groups in total. The lowest BCUT2D eigenvalue weighted by atomic mass is 10.1. The fourth-order valence-electron chi connectivity index (χ4n) is 2.31. The average molecular weight is 378 g/mol. The molecule has 0 bridgehead atoms. The van der Waals surface area contributed by atoms with Gasteiger partial charge in [-0.2, -0.15) is 0 Å². The van der Waals surface area contributed by atoms with Crippen LogP contribution in [-0.4, -0.2) is 52.6 Å². The van der Waals surface area contributed by atoms with Crippen LogP contribution in [0.1, 0.15) is 11.1 Å². The first-order valence-corrected chi connectivity index (χ1v) is 9.74. The minimum absolute atomic E-state index is 0.0954. The second-order valence-corrected chi connectivity index (χ2v) is 8.01. The van der Waals surface area contributed by atoms with Crippen molar-refractivity contribution >= 4 is 21.5 Å². The zero-order chi connectivity index (χ0) is 19.3. The van der Waals surface area contributed by atoms with E-state index in [1.54, 1.807) is 30.5 Å². The van der Waals surface area contributed by atoms with Crippen molar-refractivity contribution in [1.29, 1.82) is 0 Å². The monoisotopic (exact) mass is 378 g/mol. The third-order valence-electron chi connectivity index (χ3n) is 3.96. The van der Waals surface area contributed by atoms with E-state index in [1.165, 1.54) is 7.11 Å². The number of aromatic nitrogens is 1. The molecule has 0 fully saturated rings. The molecule has 0 amide bonds. The molecule has 0 aliphatic rings. The summed E-state index contributed by atoms with van der Waals surface area (Å²) in [5.41, 5.74) is 2.67. The third kappa shape index (κ3) is 5.09. The Hall–Kier alpha value is -2.32. The quantitative estimate of drug-likeness (QED) is 0.734. The van der Waals surface area contributed by atoms with Gasteiger partial charge in [0.2, 0.25) is 0 Å². The van der Waals surface area contributed by atoms with Crippen molar-refractivity contribution in [3.8, 4) is 5.75 Å². The summed E-state index contributed by atoms with van der Waals surface area (Å²) in [6.07, 6.45) is 1.60. The zero-order valence-electron chi connectivity index (χ0n) is 15.8. The van der Waals surface area contributed by atoms with Crippen LogP contribution in [0.2, 0.25) is 0 Å². The van der Waals surface area contributed by atoms with Crippen LogP contribution >= 0.6 is 0 Å². The van der Waals surface area contributed by atoms with Crippen molar-refractivity contribution in [1.82, 2.24) is 9.88 Å². The molecule has 1 aromatic heterocycles. The van der Waals surface area contributed by atoms with E-state index in [-0.39, 0.29) is 10.7 Å². The van der Waals surface area contributed by atoms with E-state index >= 15 is 0 Å². The van der Waals surface area contributed by atoms with E-state index < -0.39 is 10.0 Å². The predicted molar refractivity (Wildman–Crippen MR) is 105 cm³/mol. The molecule has 1 aromatic carbocycles. The van der Waals surface area contributed by atoms with Crippen LogP contribution in [0.25, 0.3) is 0 Å². The molecule has 0 aliphatic carbocycles. The average Bonchev–Trinajstić information content (AvgIpc) is 2.57. The molecule has 26 heavy (non-hydrogen) atoms. The highest BCUT2D eigenvalue weighted by molar-refractivity contribution is 7.92. The molecule has 142 valence electrons. The Morgan fingerprint density at radius 1 is 1.15 bits per heavy atom. The Balaban J connectivity index is 2.16. The summed E-state index contributed by atoms with van der Waals surface area (Å²) in [4.78, 5) is 6.34. The summed E-state index contributed by atoms with van der Waals surface area (Å²) in [5.74, 6) is 0.561. The molecule has 2 rings (SSSR count). The van der Waals surface area contributed by atoms with Crippen molar-refractivity contribution < 1.29 is 13.2 Å². The van der Waals surface area contributed by atoms with Crippen LogP contribution in [0.15, 0.2) is 35.4 Å². The fourth-order valence-corrected chi connectivity index (χ4v) is 3.55. The minimum atomic E-state index is -3.80. The summed E-state index contributed by atoms with van der Waals surface area (Å²) >= 11 is 0. The molecule has 0 radical (unpaired) electrons. The largest absolute Gasteiger partial charge is 0.495 e. The molecule has 0 unspecified atom stereocenters. The number of nitrogens with one attached hydrogen (secondary N) is 2. The Kier molecular flexibility index (Phi) is 6.44. The van der Waals surface area contributed by atoms with Gasteiger partial charge in [-0.15, -0.1) is 0 Å². The number of nitrogens with zero attached hydrogens (tertiary/aromatic N) is 2. The minimum Gasteiger partial charge on any atom is -0.495 e. The highest BCUT2D eigenvalue weighted by Crippen LogP contribution is 2.28. The second kappa shape index (κ2) is 8.37. The lowest BCUT2D eigenvalue weighted by Gasteiger charge is -2.14. The lowest BCUT2D eigenvalue weighted by Crippen LogP contribution is -2.20. The highest BCUT2D eigenvalue weighted by Gasteiger charge is 2.21.